The monoisotopic (exact) mass is 276 g/mol. The summed E-state index contributed by atoms with van der Waals surface area (Å²) in [6.07, 6.45) is 2.41. The van der Waals surface area contributed by atoms with Crippen molar-refractivity contribution in [1.82, 2.24) is 10.2 Å². The number of nitrogens with one attached hydrogen (secondary N) is 1. The van der Waals surface area contributed by atoms with Crippen molar-refractivity contribution in [1.29, 1.82) is 0 Å². The van der Waals surface area contributed by atoms with Gasteiger partial charge in [-0.1, -0.05) is 38.1 Å². The fourth-order valence-corrected chi connectivity index (χ4v) is 3.02. The SMILES string of the molecule is CCC1CN(Cc2ccccc2COC)C(CC)CN1. The lowest BCUT2D eigenvalue weighted by atomic mass is 10.0. The first-order valence-corrected chi connectivity index (χ1v) is 7.81. The van der Waals surface area contributed by atoms with Crippen LogP contribution in [-0.4, -0.2) is 37.2 Å². The molecule has 1 saturated heterocycles. The van der Waals surface area contributed by atoms with E-state index in [1.165, 1.54) is 24.0 Å². The summed E-state index contributed by atoms with van der Waals surface area (Å²) in [7, 11) is 1.77. The van der Waals surface area contributed by atoms with E-state index in [4.69, 9.17) is 4.74 Å². The molecule has 1 N–H and O–H groups in total. The number of hydrogen-bond acceptors (Lipinski definition) is 3. The van der Waals surface area contributed by atoms with Crippen LogP contribution in [-0.2, 0) is 17.9 Å². The van der Waals surface area contributed by atoms with Gasteiger partial charge in [0.25, 0.3) is 0 Å². The Labute approximate surface area is 123 Å². The van der Waals surface area contributed by atoms with Gasteiger partial charge in [0, 0.05) is 38.8 Å². The Kier molecular flexibility index (Phi) is 6.02. The molecule has 1 heterocycles. The van der Waals surface area contributed by atoms with E-state index in [1.807, 2.05) is 0 Å². The molecule has 1 aromatic rings. The third kappa shape index (κ3) is 3.81. The van der Waals surface area contributed by atoms with Crippen LogP contribution < -0.4 is 5.32 Å². The Morgan fingerprint density at radius 1 is 1.20 bits per heavy atom. The lowest BCUT2D eigenvalue weighted by Crippen LogP contribution is -2.55. The number of hydrogen-bond donors (Lipinski definition) is 1. The quantitative estimate of drug-likeness (QED) is 0.864. The van der Waals surface area contributed by atoms with Gasteiger partial charge in [-0.3, -0.25) is 4.90 Å². The maximum Gasteiger partial charge on any atom is 0.0716 e. The van der Waals surface area contributed by atoms with Gasteiger partial charge >= 0.3 is 0 Å². The van der Waals surface area contributed by atoms with Crippen LogP contribution in [0.25, 0.3) is 0 Å². The number of benzene rings is 1. The van der Waals surface area contributed by atoms with Crippen LogP contribution in [0.15, 0.2) is 24.3 Å². The van der Waals surface area contributed by atoms with Crippen LogP contribution >= 0.6 is 0 Å². The lowest BCUT2D eigenvalue weighted by molar-refractivity contribution is 0.115. The molecule has 112 valence electrons. The van der Waals surface area contributed by atoms with Crippen LogP contribution in [0, 0.1) is 0 Å². The molecular weight excluding hydrogens is 248 g/mol. The van der Waals surface area contributed by atoms with Crippen LogP contribution in [0.2, 0.25) is 0 Å². The van der Waals surface area contributed by atoms with Gasteiger partial charge in [-0.2, -0.15) is 0 Å². The van der Waals surface area contributed by atoms with E-state index < -0.39 is 0 Å². The summed E-state index contributed by atoms with van der Waals surface area (Å²) in [6.45, 7) is 8.55. The molecule has 0 spiro atoms. The highest BCUT2D eigenvalue weighted by molar-refractivity contribution is 5.26. The standard InChI is InChI=1S/C17H28N2O/c1-4-16-12-19(17(5-2)10-18-16)11-14-8-6-7-9-15(14)13-20-3/h6-9,16-18H,4-5,10-13H2,1-3H3. The molecule has 2 unspecified atom stereocenters. The second kappa shape index (κ2) is 7.77. The molecular formula is C17H28N2O. The Morgan fingerprint density at radius 2 is 1.95 bits per heavy atom. The molecule has 3 heteroatoms. The summed E-state index contributed by atoms with van der Waals surface area (Å²) in [6, 6.07) is 9.93. The first-order valence-electron chi connectivity index (χ1n) is 7.81. The highest BCUT2D eigenvalue weighted by Gasteiger charge is 2.26. The second-order valence-corrected chi connectivity index (χ2v) is 5.71. The molecule has 0 radical (unpaired) electrons. The van der Waals surface area contributed by atoms with E-state index >= 15 is 0 Å². The zero-order valence-electron chi connectivity index (χ0n) is 13.1. The molecule has 2 atom stereocenters. The lowest BCUT2D eigenvalue weighted by Gasteiger charge is -2.40. The molecule has 1 aliphatic rings. The number of ether oxygens (including phenoxy) is 1. The summed E-state index contributed by atoms with van der Waals surface area (Å²) in [4.78, 5) is 2.64. The Morgan fingerprint density at radius 3 is 2.60 bits per heavy atom. The van der Waals surface area contributed by atoms with E-state index in [9.17, 15) is 0 Å². The Balaban J connectivity index is 2.09. The van der Waals surface area contributed by atoms with Crippen LogP contribution in [0.5, 0.6) is 0 Å². The summed E-state index contributed by atoms with van der Waals surface area (Å²) in [5, 5.41) is 3.66. The van der Waals surface area contributed by atoms with Gasteiger partial charge in [-0.15, -0.1) is 0 Å². The average molecular weight is 276 g/mol. The maximum atomic E-state index is 5.32. The topological polar surface area (TPSA) is 24.5 Å². The summed E-state index contributed by atoms with van der Waals surface area (Å²) >= 11 is 0. The fourth-order valence-electron chi connectivity index (χ4n) is 3.02. The minimum atomic E-state index is 0.632. The van der Waals surface area contributed by atoms with Crippen molar-refractivity contribution < 1.29 is 4.74 Å². The van der Waals surface area contributed by atoms with Gasteiger partial charge in [0.1, 0.15) is 0 Å². The summed E-state index contributed by atoms with van der Waals surface area (Å²) < 4.78 is 5.32. The zero-order chi connectivity index (χ0) is 14.4. The van der Waals surface area contributed by atoms with Crippen molar-refractivity contribution in [3.63, 3.8) is 0 Å². The molecule has 1 aliphatic heterocycles. The minimum Gasteiger partial charge on any atom is -0.380 e. The summed E-state index contributed by atoms with van der Waals surface area (Å²) in [5.74, 6) is 0. The van der Waals surface area contributed by atoms with Crippen LogP contribution in [0.1, 0.15) is 37.8 Å². The first kappa shape index (κ1) is 15.5. The third-order valence-corrected chi connectivity index (χ3v) is 4.37. The Hall–Kier alpha value is -0.900. The number of piperazine rings is 1. The van der Waals surface area contributed by atoms with Crippen molar-refractivity contribution in [3.05, 3.63) is 35.4 Å². The fraction of sp³-hybridized carbons (Fsp3) is 0.647. The predicted molar refractivity (Wildman–Crippen MR) is 83.7 cm³/mol. The third-order valence-electron chi connectivity index (χ3n) is 4.37. The van der Waals surface area contributed by atoms with E-state index in [0.29, 0.717) is 18.7 Å². The molecule has 0 amide bonds. The van der Waals surface area contributed by atoms with E-state index in [1.54, 1.807) is 7.11 Å². The zero-order valence-corrected chi connectivity index (χ0v) is 13.1. The highest BCUT2D eigenvalue weighted by atomic mass is 16.5. The number of nitrogens with zero attached hydrogens (tertiary/aromatic N) is 1. The van der Waals surface area contributed by atoms with Crippen molar-refractivity contribution in [2.75, 3.05) is 20.2 Å². The van der Waals surface area contributed by atoms with Gasteiger partial charge in [-0.25, -0.2) is 0 Å². The normalized spacial score (nSPS) is 23.9. The molecule has 0 aromatic heterocycles. The molecule has 0 bridgehead atoms. The highest BCUT2D eigenvalue weighted by Crippen LogP contribution is 2.18. The van der Waals surface area contributed by atoms with Crippen molar-refractivity contribution in [2.45, 2.75) is 51.9 Å². The van der Waals surface area contributed by atoms with E-state index in [2.05, 4.69) is 48.3 Å². The number of rotatable bonds is 6. The first-order chi connectivity index (χ1) is 9.78. The molecule has 1 aromatic carbocycles. The van der Waals surface area contributed by atoms with E-state index in [-0.39, 0.29) is 0 Å². The molecule has 1 fully saturated rings. The molecule has 2 rings (SSSR count). The van der Waals surface area contributed by atoms with E-state index in [0.717, 1.165) is 19.6 Å². The van der Waals surface area contributed by atoms with Crippen LogP contribution in [0.3, 0.4) is 0 Å². The smallest absolute Gasteiger partial charge is 0.0716 e. The average Bonchev–Trinajstić information content (AvgIpc) is 2.49. The largest absolute Gasteiger partial charge is 0.380 e. The van der Waals surface area contributed by atoms with Crippen LogP contribution in [0.4, 0.5) is 0 Å². The minimum absolute atomic E-state index is 0.632. The van der Waals surface area contributed by atoms with Crippen molar-refractivity contribution in [2.24, 2.45) is 0 Å². The summed E-state index contributed by atoms with van der Waals surface area (Å²) in [5.41, 5.74) is 2.72. The molecule has 0 saturated carbocycles. The van der Waals surface area contributed by atoms with Gasteiger partial charge in [0.15, 0.2) is 0 Å². The number of methoxy groups -OCH3 is 1. The van der Waals surface area contributed by atoms with Gasteiger partial charge in [-0.05, 0) is 24.0 Å². The predicted octanol–water partition coefficient (Wildman–Crippen LogP) is 2.80. The second-order valence-electron chi connectivity index (χ2n) is 5.71. The van der Waals surface area contributed by atoms with Crippen molar-refractivity contribution in [3.8, 4) is 0 Å². The Bertz CT molecular complexity index is 408. The maximum absolute atomic E-state index is 5.32. The molecule has 0 aliphatic carbocycles. The molecule has 20 heavy (non-hydrogen) atoms. The molecule has 3 nitrogen and oxygen atoms in total. The van der Waals surface area contributed by atoms with Gasteiger partial charge in [0.2, 0.25) is 0 Å². The van der Waals surface area contributed by atoms with Gasteiger partial charge in [0.05, 0.1) is 6.61 Å². The van der Waals surface area contributed by atoms with Gasteiger partial charge < -0.3 is 10.1 Å². The van der Waals surface area contributed by atoms with Crippen molar-refractivity contribution >= 4 is 0 Å².